The van der Waals surface area contributed by atoms with Gasteiger partial charge in [0.2, 0.25) is 0 Å². The molecule has 4 rings (SSSR count). The lowest BCUT2D eigenvalue weighted by molar-refractivity contribution is 0.102. The Morgan fingerprint density at radius 3 is 2.92 bits per heavy atom. The first-order valence-corrected chi connectivity index (χ1v) is 7.26. The van der Waals surface area contributed by atoms with E-state index in [0.29, 0.717) is 17.1 Å². The summed E-state index contributed by atoms with van der Waals surface area (Å²) in [6, 6.07) is 13.4. The number of nitrogens with one attached hydrogen (secondary N) is 2. The molecule has 0 bridgehead atoms. The van der Waals surface area contributed by atoms with Crippen molar-refractivity contribution in [1.82, 2.24) is 20.0 Å². The Balaban J connectivity index is 1.59. The monoisotopic (exact) mass is 321 g/mol. The van der Waals surface area contributed by atoms with Gasteiger partial charge in [0.25, 0.3) is 5.91 Å². The first-order valence-electron chi connectivity index (χ1n) is 7.26. The molecule has 24 heavy (non-hydrogen) atoms. The zero-order chi connectivity index (χ0) is 16.5. The van der Waals surface area contributed by atoms with Crippen LogP contribution in [0.1, 0.15) is 10.5 Å². The molecule has 0 fully saturated rings. The Bertz CT molecular complexity index is 1040. The summed E-state index contributed by atoms with van der Waals surface area (Å²) >= 11 is 0. The largest absolute Gasteiger partial charge is 0.318 e. The number of rotatable bonds is 3. The van der Waals surface area contributed by atoms with Crippen LogP contribution in [0.2, 0.25) is 0 Å². The standard InChI is InChI=1S/C17H12FN5O/c18-11-4-3-5-13(8-11)23-10-12(9-19-23)20-17(24)16-14-6-1-2-7-15(14)21-22-16/h1-10H,(H,20,24)(H,21,22). The fourth-order valence-electron chi connectivity index (χ4n) is 2.47. The average molecular weight is 321 g/mol. The molecule has 0 saturated carbocycles. The highest BCUT2D eigenvalue weighted by Crippen LogP contribution is 2.18. The number of hydrogen-bond donors (Lipinski definition) is 2. The van der Waals surface area contributed by atoms with Crippen molar-refractivity contribution < 1.29 is 9.18 Å². The Kier molecular flexibility index (Phi) is 3.31. The van der Waals surface area contributed by atoms with Gasteiger partial charge in [-0.2, -0.15) is 10.2 Å². The molecular formula is C17H12FN5O. The lowest BCUT2D eigenvalue weighted by Gasteiger charge is -2.01. The number of hydrogen-bond acceptors (Lipinski definition) is 3. The fourth-order valence-corrected chi connectivity index (χ4v) is 2.47. The highest BCUT2D eigenvalue weighted by Gasteiger charge is 2.14. The first-order chi connectivity index (χ1) is 11.7. The average Bonchev–Trinajstić information content (AvgIpc) is 3.21. The van der Waals surface area contributed by atoms with Gasteiger partial charge >= 0.3 is 0 Å². The molecule has 0 radical (unpaired) electrons. The SMILES string of the molecule is O=C(Nc1cnn(-c2cccc(F)c2)c1)c1n[nH]c2ccccc12. The molecule has 2 N–H and O–H groups in total. The van der Waals surface area contributed by atoms with Gasteiger partial charge in [-0.3, -0.25) is 9.89 Å². The summed E-state index contributed by atoms with van der Waals surface area (Å²) < 4.78 is 14.8. The van der Waals surface area contributed by atoms with Crippen LogP contribution in [0.15, 0.2) is 60.9 Å². The fraction of sp³-hybridized carbons (Fsp3) is 0. The van der Waals surface area contributed by atoms with Gasteiger partial charge in [-0.05, 0) is 24.3 Å². The van der Waals surface area contributed by atoms with Gasteiger partial charge in [0.15, 0.2) is 5.69 Å². The van der Waals surface area contributed by atoms with Crippen molar-refractivity contribution >= 4 is 22.5 Å². The Morgan fingerprint density at radius 1 is 1.17 bits per heavy atom. The molecule has 0 saturated heterocycles. The van der Waals surface area contributed by atoms with Crippen LogP contribution >= 0.6 is 0 Å². The maximum absolute atomic E-state index is 13.3. The summed E-state index contributed by atoms with van der Waals surface area (Å²) in [6.07, 6.45) is 3.11. The van der Waals surface area contributed by atoms with Crippen molar-refractivity contribution in [3.8, 4) is 5.69 Å². The van der Waals surface area contributed by atoms with Gasteiger partial charge in [-0.15, -0.1) is 0 Å². The van der Waals surface area contributed by atoms with Crippen LogP contribution in [0.25, 0.3) is 16.6 Å². The van der Waals surface area contributed by atoms with Gasteiger partial charge in [0.1, 0.15) is 5.82 Å². The zero-order valence-electron chi connectivity index (χ0n) is 12.4. The number of aromatic amines is 1. The normalized spacial score (nSPS) is 10.9. The number of nitrogens with zero attached hydrogens (tertiary/aromatic N) is 3. The predicted molar refractivity (Wildman–Crippen MR) is 87.6 cm³/mol. The van der Waals surface area contributed by atoms with Gasteiger partial charge < -0.3 is 5.32 Å². The Morgan fingerprint density at radius 2 is 2.04 bits per heavy atom. The molecule has 0 aliphatic rings. The van der Waals surface area contributed by atoms with Crippen LogP contribution in [-0.4, -0.2) is 25.9 Å². The molecule has 0 aliphatic heterocycles. The zero-order valence-corrected chi connectivity index (χ0v) is 12.4. The molecule has 6 nitrogen and oxygen atoms in total. The maximum atomic E-state index is 13.3. The number of anilines is 1. The molecule has 2 heterocycles. The summed E-state index contributed by atoms with van der Waals surface area (Å²) in [5, 5.41) is 14.5. The molecule has 0 aliphatic carbocycles. The van der Waals surface area contributed by atoms with E-state index in [1.165, 1.54) is 23.0 Å². The van der Waals surface area contributed by atoms with Crippen LogP contribution in [0.4, 0.5) is 10.1 Å². The highest BCUT2D eigenvalue weighted by molar-refractivity contribution is 6.10. The minimum atomic E-state index is -0.350. The second-order valence-corrected chi connectivity index (χ2v) is 5.23. The van der Waals surface area contributed by atoms with E-state index >= 15 is 0 Å². The molecular weight excluding hydrogens is 309 g/mol. The summed E-state index contributed by atoms with van der Waals surface area (Å²) in [6.45, 7) is 0. The van der Waals surface area contributed by atoms with Crippen molar-refractivity contribution in [2.24, 2.45) is 0 Å². The van der Waals surface area contributed by atoms with Crippen LogP contribution in [0.5, 0.6) is 0 Å². The van der Waals surface area contributed by atoms with Crippen LogP contribution in [0, 0.1) is 5.82 Å². The lowest BCUT2D eigenvalue weighted by atomic mass is 10.2. The van der Waals surface area contributed by atoms with Crippen molar-refractivity contribution in [3.05, 3.63) is 72.4 Å². The Hall–Kier alpha value is -3.48. The topological polar surface area (TPSA) is 75.6 Å². The number of aromatic nitrogens is 4. The summed E-state index contributed by atoms with van der Waals surface area (Å²) in [5.41, 5.74) is 2.17. The van der Waals surface area contributed by atoms with Crippen LogP contribution < -0.4 is 5.32 Å². The number of H-pyrrole nitrogens is 1. The quantitative estimate of drug-likeness (QED) is 0.608. The Labute approximate surface area is 135 Å². The van der Waals surface area contributed by atoms with E-state index in [1.807, 2.05) is 24.3 Å². The summed E-state index contributed by atoms with van der Waals surface area (Å²) in [4.78, 5) is 12.4. The first kappa shape index (κ1) is 14.1. The van der Waals surface area contributed by atoms with Crippen molar-refractivity contribution in [2.75, 3.05) is 5.32 Å². The number of para-hydroxylation sites is 1. The van der Waals surface area contributed by atoms with E-state index in [0.717, 1.165) is 10.9 Å². The number of benzene rings is 2. The number of amides is 1. The van der Waals surface area contributed by atoms with E-state index in [2.05, 4.69) is 20.6 Å². The third-order valence-electron chi connectivity index (χ3n) is 3.60. The predicted octanol–water partition coefficient (Wildman–Crippen LogP) is 3.14. The summed E-state index contributed by atoms with van der Waals surface area (Å²) in [7, 11) is 0. The molecule has 2 aromatic carbocycles. The minimum absolute atomic E-state index is 0.309. The third-order valence-corrected chi connectivity index (χ3v) is 3.60. The van der Waals surface area contributed by atoms with Crippen LogP contribution in [0.3, 0.4) is 0 Å². The second-order valence-electron chi connectivity index (χ2n) is 5.23. The smallest absolute Gasteiger partial charge is 0.276 e. The van der Waals surface area contributed by atoms with Crippen molar-refractivity contribution in [1.29, 1.82) is 0 Å². The molecule has 0 unspecified atom stereocenters. The highest BCUT2D eigenvalue weighted by atomic mass is 19.1. The minimum Gasteiger partial charge on any atom is -0.318 e. The van der Waals surface area contributed by atoms with E-state index < -0.39 is 0 Å². The van der Waals surface area contributed by atoms with E-state index in [9.17, 15) is 9.18 Å². The van der Waals surface area contributed by atoms with Crippen molar-refractivity contribution in [3.63, 3.8) is 0 Å². The number of carbonyl (C=O) groups excluding carboxylic acids is 1. The molecule has 2 aromatic heterocycles. The third kappa shape index (κ3) is 2.52. The number of halogens is 1. The van der Waals surface area contributed by atoms with Gasteiger partial charge in [0.05, 0.1) is 29.3 Å². The van der Waals surface area contributed by atoms with Crippen molar-refractivity contribution in [2.45, 2.75) is 0 Å². The molecule has 0 spiro atoms. The lowest BCUT2D eigenvalue weighted by Crippen LogP contribution is -2.12. The number of carbonyl (C=O) groups is 1. The molecule has 0 atom stereocenters. The van der Waals surface area contributed by atoms with Gasteiger partial charge in [0, 0.05) is 5.39 Å². The molecule has 7 heteroatoms. The van der Waals surface area contributed by atoms with Gasteiger partial charge in [-0.25, -0.2) is 9.07 Å². The summed E-state index contributed by atoms with van der Waals surface area (Å²) in [5.74, 6) is -0.692. The number of fused-ring (bicyclic) bond motifs is 1. The van der Waals surface area contributed by atoms with Crippen LogP contribution in [-0.2, 0) is 0 Å². The van der Waals surface area contributed by atoms with Gasteiger partial charge in [-0.1, -0.05) is 24.3 Å². The molecule has 1 amide bonds. The maximum Gasteiger partial charge on any atom is 0.276 e. The van der Waals surface area contributed by atoms with E-state index in [-0.39, 0.29) is 11.7 Å². The molecule has 4 aromatic rings. The van der Waals surface area contributed by atoms with E-state index in [1.54, 1.807) is 18.3 Å². The second kappa shape index (κ2) is 5.62. The molecule has 118 valence electrons. The van der Waals surface area contributed by atoms with E-state index in [4.69, 9.17) is 0 Å².